The second-order valence-electron chi connectivity index (χ2n) is 4.02. The van der Waals surface area contributed by atoms with Gasteiger partial charge in [-0.2, -0.15) is 0 Å². The summed E-state index contributed by atoms with van der Waals surface area (Å²) < 4.78 is 0. The minimum absolute atomic E-state index is 0.209. The normalized spacial score (nSPS) is 19.3. The highest BCUT2D eigenvalue weighted by Crippen LogP contribution is 2.18. The maximum Gasteiger partial charge on any atom is 0.308 e. The SMILES string of the molecule is O=C(O)[C@@H]1CCN(C(=O)c2cc[nH]c(=O)c2)C1. The molecule has 17 heavy (non-hydrogen) atoms. The van der Waals surface area contributed by atoms with Crippen LogP contribution in [0.3, 0.4) is 0 Å². The summed E-state index contributed by atoms with van der Waals surface area (Å²) in [5, 5.41) is 8.83. The van der Waals surface area contributed by atoms with E-state index < -0.39 is 11.9 Å². The first-order valence-corrected chi connectivity index (χ1v) is 5.29. The maximum atomic E-state index is 11.9. The first kappa shape index (κ1) is 11.4. The Hall–Kier alpha value is -2.11. The summed E-state index contributed by atoms with van der Waals surface area (Å²) in [6.07, 6.45) is 1.87. The van der Waals surface area contributed by atoms with Crippen molar-refractivity contribution in [3.05, 3.63) is 34.2 Å². The number of nitrogens with zero attached hydrogens (tertiary/aromatic N) is 1. The Morgan fingerprint density at radius 3 is 2.82 bits per heavy atom. The van der Waals surface area contributed by atoms with E-state index in [9.17, 15) is 14.4 Å². The second kappa shape index (κ2) is 4.40. The van der Waals surface area contributed by atoms with Crippen molar-refractivity contribution < 1.29 is 14.7 Å². The lowest BCUT2D eigenvalue weighted by atomic mass is 10.1. The van der Waals surface area contributed by atoms with Crippen LogP contribution >= 0.6 is 0 Å². The summed E-state index contributed by atoms with van der Waals surface area (Å²) >= 11 is 0. The molecule has 0 bridgehead atoms. The minimum Gasteiger partial charge on any atom is -0.481 e. The zero-order chi connectivity index (χ0) is 12.4. The lowest BCUT2D eigenvalue weighted by Gasteiger charge is -2.15. The first-order valence-electron chi connectivity index (χ1n) is 5.29. The summed E-state index contributed by atoms with van der Waals surface area (Å²) in [4.78, 5) is 37.7. The zero-order valence-corrected chi connectivity index (χ0v) is 9.05. The molecule has 0 saturated carbocycles. The highest BCUT2D eigenvalue weighted by Gasteiger charge is 2.31. The van der Waals surface area contributed by atoms with Crippen molar-refractivity contribution in [3.63, 3.8) is 0 Å². The molecule has 1 saturated heterocycles. The fourth-order valence-corrected chi connectivity index (χ4v) is 1.91. The highest BCUT2D eigenvalue weighted by atomic mass is 16.4. The number of nitrogens with one attached hydrogen (secondary N) is 1. The van der Waals surface area contributed by atoms with Gasteiger partial charge in [-0.05, 0) is 12.5 Å². The monoisotopic (exact) mass is 236 g/mol. The number of carbonyl (C=O) groups is 2. The molecule has 0 aliphatic carbocycles. The molecule has 1 aliphatic heterocycles. The number of pyridine rings is 1. The first-order chi connectivity index (χ1) is 8.08. The van der Waals surface area contributed by atoms with Crippen LogP contribution in [0, 0.1) is 5.92 Å². The lowest BCUT2D eigenvalue weighted by molar-refractivity contribution is -0.141. The minimum atomic E-state index is -0.883. The van der Waals surface area contributed by atoms with E-state index >= 15 is 0 Å². The Kier molecular flexibility index (Phi) is 2.95. The van der Waals surface area contributed by atoms with Gasteiger partial charge in [-0.15, -0.1) is 0 Å². The third-order valence-electron chi connectivity index (χ3n) is 2.85. The Balaban J connectivity index is 2.12. The molecule has 1 aliphatic rings. The van der Waals surface area contributed by atoms with Gasteiger partial charge in [-0.1, -0.05) is 0 Å². The van der Waals surface area contributed by atoms with Crippen LogP contribution in [0.1, 0.15) is 16.8 Å². The van der Waals surface area contributed by atoms with Crippen LogP contribution in [0.4, 0.5) is 0 Å². The Morgan fingerprint density at radius 2 is 2.24 bits per heavy atom. The molecule has 0 unspecified atom stereocenters. The van der Waals surface area contributed by atoms with Gasteiger partial charge in [0.05, 0.1) is 5.92 Å². The maximum absolute atomic E-state index is 11.9. The molecule has 6 heteroatoms. The number of aromatic amines is 1. The van der Waals surface area contributed by atoms with Gasteiger partial charge in [0.2, 0.25) is 5.56 Å². The molecule has 0 radical (unpaired) electrons. The number of H-pyrrole nitrogens is 1. The smallest absolute Gasteiger partial charge is 0.308 e. The number of likely N-dealkylation sites (tertiary alicyclic amines) is 1. The number of rotatable bonds is 2. The number of carboxylic acid groups (broad SMARTS) is 1. The van der Waals surface area contributed by atoms with Gasteiger partial charge in [0.15, 0.2) is 0 Å². The van der Waals surface area contributed by atoms with Gasteiger partial charge in [-0.25, -0.2) is 0 Å². The second-order valence-corrected chi connectivity index (χ2v) is 4.02. The van der Waals surface area contributed by atoms with Gasteiger partial charge >= 0.3 is 5.97 Å². The Labute approximate surface area is 96.9 Å². The fourth-order valence-electron chi connectivity index (χ4n) is 1.91. The molecule has 90 valence electrons. The molecule has 1 aromatic rings. The third-order valence-corrected chi connectivity index (χ3v) is 2.85. The van der Waals surface area contributed by atoms with Crippen LogP contribution < -0.4 is 5.56 Å². The largest absolute Gasteiger partial charge is 0.481 e. The average molecular weight is 236 g/mol. The molecule has 1 aromatic heterocycles. The number of aromatic nitrogens is 1. The third kappa shape index (κ3) is 2.35. The van der Waals surface area contributed by atoms with Gasteiger partial charge in [0, 0.05) is 30.9 Å². The van der Waals surface area contributed by atoms with Crippen molar-refractivity contribution in [3.8, 4) is 0 Å². The fraction of sp³-hybridized carbons (Fsp3) is 0.364. The van der Waals surface area contributed by atoms with Crippen molar-refractivity contribution >= 4 is 11.9 Å². The molecule has 2 rings (SSSR count). The number of hydrogen-bond acceptors (Lipinski definition) is 3. The number of hydrogen-bond donors (Lipinski definition) is 2. The van der Waals surface area contributed by atoms with E-state index in [2.05, 4.69) is 4.98 Å². The number of carboxylic acids is 1. The molecule has 2 heterocycles. The van der Waals surface area contributed by atoms with Gasteiger partial charge in [0.1, 0.15) is 0 Å². The molecule has 0 aromatic carbocycles. The molecular formula is C11H12N2O4. The molecule has 1 amide bonds. The van der Waals surface area contributed by atoms with Crippen molar-refractivity contribution in [1.29, 1.82) is 0 Å². The number of amides is 1. The zero-order valence-electron chi connectivity index (χ0n) is 9.05. The highest BCUT2D eigenvalue weighted by molar-refractivity contribution is 5.94. The van der Waals surface area contributed by atoms with Crippen molar-refractivity contribution in [2.45, 2.75) is 6.42 Å². The van der Waals surface area contributed by atoms with E-state index in [-0.39, 0.29) is 18.0 Å². The lowest BCUT2D eigenvalue weighted by Crippen LogP contribution is -2.30. The van der Waals surface area contributed by atoms with E-state index in [1.807, 2.05) is 0 Å². The van der Waals surface area contributed by atoms with Gasteiger partial charge < -0.3 is 15.0 Å². The molecule has 1 fully saturated rings. The van der Waals surface area contributed by atoms with Crippen LogP contribution in [0.15, 0.2) is 23.1 Å². The van der Waals surface area contributed by atoms with E-state index in [4.69, 9.17) is 5.11 Å². The van der Waals surface area contributed by atoms with E-state index in [1.54, 1.807) is 0 Å². The summed E-state index contributed by atoms with van der Waals surface area (Å²) in [7, 11) is 0. The van der Waals surface area contributed by atoms with Crippen LogP contribution in [-0.2, 0) is 4.79 Å². The van der Waals surface area contributed by atoms with Crippen molar-refractivity contribution in [2.24, 2.45) is 5.92 Å². The van der Waals surface area contributed by atoms with Crippen LogP contribution in [0.25, 0.3) is 0 Å². The number of aliphatic carboxylic acids is 1. The molecule has 6 nitrogen and oxygen atoms in total. The Morgan fingerprint density at radius 1 is 1.47 bits per heavy atom. The summed E-state index contributed by atoms with van der Waals surface area (Å²) in [5.41, 5.74) is -0.0513. The predicted molar refractivity (Wildman–Crippen MR) is 58.7 cm³/mol. The van der Waals surface area contributed by atoms with E-state index in [0.717, 1.165) is 0 Å². The van der Waals surface area contributed by atoms with Crippen LogP contribution in [0.2, 0.25) is 0 Å². The van der Waals surface area contributed by atoms with Crippen molar-refractivity contribution in [1.82, 2.24) is 9.88 Å². The summed E-state index contributed by atoms with van der Waals surface area (Å²) in [5.74, 6) is -1.67. The summed E-state index contributed by atoms with van der Waals surface area (Å²) in [6, 6.07) is 2.73. The molecule has 0 spiro atoms. The van der Waals surface area contributed by atoms with Gasteiger partial charge in [0.25, 0.3) is 5.91 Å². The number of carbonyl (C=O) groups excluding carboxylic acids is 1. The van der Waals surface area contributed by atoms with Gasteiger partial charge in [-0.3, -0.25) is 14.4 Å². The Bertz CT molecular complexity index is 508. The quantitative estimate of drug-likeness (QED) is 0.751. The van der Waals surface area contributed by atoms with E-state index in [1.165, 1.54) is 23.2 Å². The predicted octanol–water partition coefficient (Wildman–Crippen LogP) is -0.0784. The van der Waals surface area contributed by atoms with Crippen molar-refractivity contribution in [2.75, 3.05) is 13.1 Å². The molecule has 2 N–H and O–H groups in total. The molecular weight excluding hydrogens is 224 g/mol. The standard InChI is InChI=1S/C11H12N2O4/c14-9-5-7(1-3-12-9)10(15)13-4-2-8(6-13)11(16)17/h1,3,5,8H,2,4,6H2,(H,12,14)(H,16,17)/t8-/m1/s1. The molecule has 1 atom stereocenters. The van der Waals surface area contributed by atoms with Crippen LogP contribution in [0.5, 0.6) is 0 Å². The topological polar surface area (TPSA) is 90.5 Å². The van der Waals surface area contributed by atoms with E-state index in [0.29, 0.717) is 18.5 Å². The summed E-state index contributed by atoms with van der Waals surface area (Å²) in [6.45, 7) is 0.629. The van der Waals surface area contributed by atoms with Crippen LogP contribution in [-0.4, -0.2) is 40.0 Å². The average Bonchev–Trinajstić information content (AvgIpc) is 2.77.